The van der Waals surface area contributed by atoms with E-state index in [1.807, 2.05) is 18.2 Å². The Kier molecular flexibility index (Phi) is 14.4. The molecule has 8 heteroatoms. The average Bonchev–Trinajstić information content (AvgIpc) is 2.68. The van der Waals surface area contributed by atoms with Crippen LogP contribution in [0.25, 0.3) is 0 Å². The lowest BCUT2D eigenvalue weighted by atomic mass is 10.1. The van der Waals surface area contributed by atoms with E-state index in [-0.39, 0.29) is 29.9 Å². The number of methoxy groups -OCH3 is 3. The Labute approximate surface area is 179 Å². The summed E-state index contributed by atoms with van der Waals surface area (Å²) < 4.78 is 15.2. The Morgan fingerprint density at radius 3 is 2.33 bits per heavy atom. The molecule has 0 unspecified atom stereocenters. The molecule has 1 aromatic carbocycles. The molecule has 0 aromatic heterocycles. The van der Waals surface area contributed by atoms with Crippen molar-refractivity contribution in [2.75, 3.05) is 41.5 Å². The number of benzene rings is 1. The fourth-order valence-electron chi connectivity index (χ4n) is 2.46. The van der Waals surface area contributed by atoms with Gasteiger partial charge in [-0.05, 0) is 37.0 Å². The van der Waals surface area contributed by atoms with Crippen molar-refractivity contribution in [3.63, 3.8) is 0 Å². The second-order valence-corrected chi connectivity index (χ2v) is 5.75. The van der Waals surface area contributed by atoms with Gasteiger partial charge in [0.05, 0.1) is 21.3 Å². The van der Waals surface area contributed by atoms with Crippen molar-refractivity contribution in [2.24, 2.45) is 4.99 Å². The van der Waals surface area contributed by atoms with Gasteiger partial charge in [0.25, 0.3) is 0 Å². The van der Waals surface area contributed by atoms with E-state index in [1.54, 1.807) is 21.3 Å². The zero-order valence-electron chi connectivity index (χ0n) is 16.7. The Morgan fingerprint density at radius 2 is 1.70 bits per heavy atom. The van der Waals surface area contributed by atoms with Crippen LogP contribution >= 0.6 is 24.0 Å². The number of carbonyl (C=O) groups is 1. The fourth-order valence-corrected chi connectivity index (χ4v) is 2.46. The number of ether oxygens (including phenoxy) is 3. The van der Waals surface area contributed by atoms with Crippen LogP contribution in [0.15, 0.2) is 23.2 Å². The van der Waals surface area contributed by atoms with Gasteiger partial charge in [-0.25, -0.2) is 0 Å². The molecule has 0 fully saturated rings. The van der Waals surface area contributed by atoms with Gasteiger partial charge in [-0.1, -0.05) is 12.5 Å². The van der Waals surface area contributed by atoms with Crippen LogP contribution in [0.5, 0.6) is 11.5 Å². The summed E-state index contributed by atoms with van der Waals surface area (Å²) in [6, 6.07) is 5.92. The largest absolute Gasteiger partial charge is 0.493 e. The first-order valence-corrected chi connectivity index (χ1v) is 8.86. The predicted octanol–water partition coefficient (Wildman–Crippen LogP) is 2.76. The molecule has 0 aliphatic heterocycles. The molecule has 0 saturated carbocycles. The third kappa shape index (κ3) is 10.3. The monoisotopic (exact) mass is 493 g/mol. The van der Waals surface area contributed by atoms with Gasteiger partial charge in [-0.15, -0.1) is 24.0 Å². The number of aliphatic imine (C=N–C) groups is 1. The van der Waals surface area contributed by atoms with Crippen LogP contribution in [0.3, 0.4) is 0 Å². The molecule has 2 N–H and O–H groups in total. The number of hydrogen-bond acceptors (Lipinski definition) is 5. The molecule has 154 valence electrons. The number of rotatable bonds is 11. The van der Waals surface area contributed by atoms with Gasteiger partial charge in [-0.2, -0.15) is 0 Å². The maximum Gasteiger partial charge on any atom is 0.305 e. The van der Waals surface area contributed by atoms with Crippen molar-refractivity contribution in [1.82, 2.24) is 10.6 Å². The van der Waals surface area contributed by atoms with Gasteiger partial charge in [-0.3, -0.25) is 9.79 Å². The lowest BCUT2D eigenvalue weighted by molar-refractivity contribution is -0.140. The van der Waals surface area contributed by atoms with E-state index in [4.69, 9.17) is 9.47 Å². The van der Waals surface area contributed by atoms with Gasteiger partial charge in [0.15, 0.2) is 17.5 Å². The number of guanidine groups is 1. The highest BCUT2D eigenvalue weighted by Crippen LogP contribution is 2.27. The smallest absolute Gasteiger partial charge is 0.305 e. The van der Waals surface area contributed by atoms with Crippen LogP contribution in [-0.4, -0.2) is 53.4 Å². The summed E-state index contributed by atoms with van der Waals surface area (Å²) in [7, 11) is 6.44. The SMILES string of the molecule is CN=C(NCCCCCC(=O)OC)NCCc1ccc(OC)c(OC)c1.I. The third-order valence-corrected chi connectivity index (χ3v) is 3.96. The number of hydrogen-bond donors (Lipinski definition) is 2. The zero-order valence-corrected chi connectivity index (χ0v) is 19.0. The van der Waals surface area contributed by atoms with E-state index in [0.717, 1.165) is 61.8 Å². The number of unbranched alkanes of at least 4 members (excludes halogenated alkanes) is 2. The van der Waals surface area contributed by atoms with Gasteiger partial charge in [0.1, 0.15) is 0 Å². The Bertz CT molecular complexity index is 582. The Hall–Kier alpha value is -1.71. The van der Waals surface area contributed by atoms with Gasteiger partial charge >= 0.3 is 5.97 Å². The molecular weight excluding hydrogens is 461 g/mol. The molecule has 0 amide bonds. The molecule has 0 atom stereocenters. The summed E-state index contributed by atoms with van der Waals surface area (Å²) >= 11 is 0. The van der Waals surface area contributed by atoms with Gasteiger partial charge < -0.3 is 24.8 Å². The fraction of sp³-hybridized carbons (Fsp3) is 0.579. The van der Waals surface area contributed by atoms with Crippen LogP contribution in [0, 0.1) is 0 Å². The molecule has 0 aliphatic rings. The van der Waals surface area contributed by atoms with E-state index < -0.39 is 0 Å². The summed E-state index contributed by atoms with van der Waals surface area (Å²) in [4.78, 5) is 15.2. The molecule has 1 rings (SSSR count). The Balaban J connectivity index is 0.00000676. The first kappa shape index (κ1) is 25.3. The highest BCUT2D eigenvalue weighted by atomic mass is 127. The third-order valence-electron chi connectivity index (χ3n) is 3.96. The molecule has 7 nitrogen and oxygen atoms in total. The number of nitrogens with one attached hydrogen (secondary N) is 2. The summed E-state index contributed by atoms with van der Waals surface area (Å²) in [5, 5.41) is 6.57. The van der Waals surface area contributed by atoms with Crippen molar-refractivity contribution in [2.45, 2.75) is 32.1 Å². The van der Waals surface area contributed by atoms with Gasteiger partial charge in [0.2, 0.25) is 0 Å². The molecule has 0 aliphatic carbocycles. The number of esters is 1. The Morgan fingerprint density at radius 1 is 1.00 bits per heavy atom. The minimum atomic E-state index is -0.148. The quantitative estimate of drug-likeness (QED) is 0.162. The zero-order chi connectivity index (χ0) is 19.2. The van der Waals surface area contributed by atoms with E-state index in [0.29, 0.717) is 6.42 Å². The van der Waals surface area contributed by atoms with Crippen molar-refractivity contribution < 1.29 is 19.0 Å². The van der Waals surface area contributed by atoms with Crippen molar-refractivity contribution in [1.29, 1.82) is 0 Å². The van der Waals surface area contributed by atoms with E-state index >= 15 is 0 Å². The predicted molar refractivity (Wildman–Crippen MR) is 119 cm³/mol. The topological polar surface area (TPSA) is 81.2 Å². The molecule has 0 bridgehead atoms. The van der Waals surface area contributed by atoms with Crippen LogP contribution in [0.4, 0.5) is 0 Å². The molecule has 0 saturated heterocycles. The van der Waals surface area contributed by atoms with E-state index in [2.05, 4.69) is 20.4 Å². The first-order chi connectivity index (χ1) is 12.6. The molecule has 27 heavy (non-hydrogen) atoms. The standard InChI is InChI=1S/C19H31N3O4.HI/c1-20-19(21-12-7-5-6-8-18(23)26-4)22-13-11-15-9-10-16(24-2)17(14-15)25-3;/h9-10,14H,5-8,11-13H2,1-4H3,(H2,20,21,22);1H. The van der Waals surface area contributed by atoms with Gasteiger partial charge in [0, 0.05) is 26.6 Å². The minimum absolute atomic E-state index is 0. The lowest BCUT2D eigenvalue weighted by Gasteiger charge is -2.13. The minimum Gasteiger partial charge on any atom is -0.493 e. The van der Waals surface area contributed by atoms with Crippen molar-refractivity contribution in [3.05, 3.63) is 23.8 Å². The number of halogens is 1. The first-order valence-electron chi connectivity index (χ1n) is 8.86. The highest BCUT2D eigenvalue weighted by molar-refractivity contribution is 14.0. The van der Waals surface area contributed by atoms with Crippen molar-refractivity contribution in [3.8, 4) is 11.5 Å². The number of nitrogens with zero attached hydrogens (tertiary/aromatic N) is 1. The normalized spacial score (nSPS) is 10.6. The van der Waals surface area contributed by atoms with Crippen LogP contribution in [0.1, 0.15) is 31.2 Å². The van der Waals surface area contributed by atoms with Crippen LogP contribution < -0.4 is 20.1 Å². The maximum atomic E-state index is 11.0. The molecule has 1 aromatic rings. The molecule has 0 spiro atoms. The van der Waals surface area contributed by atoms with Crippen molar-refractivity contribution >= 4 is 35.9 Å². The second-order valence-electron chi connectivity index (χ2n) is 5.75. The second kappa shape index (κ2) is 15.4. The average molecular weight is 493 g/mol. The van der Waals surface area contributed by atoms with Crippen LogP contribution in [0.2, 0.25) is 0 Å². The highest BCUT2D eigenvalue weighted by Gasteiger charge is 2.05. The summed E-state index contributed by atoms with van der Waals surface area (Å²) in [6.07, 6.45) is 4.13. The summed E-state index contributed by atoms with van der Waals surface area (Å²) in [5.41, 5.74) is 1.16. The van der Waals surface area contributed by atoms with E-state index in [1.165, 1.54) is 7.11 Å². The van der Waals surface area contributed by atoms with E-state index in [9.17, 15) is 4.79 Å². The molecule has 0 heterocycles. The number of carbonyl (C=O) groups excluding carboxylic acids is 1. The maximum absolute atomic E-state index is 11.0. The summed E-state index contributed by atoms with van der Waals surface area (Å²) in [5.74, 6) is 2.09. The van der Waals surface area contributed by atoms with Crippen LogP contribution in [-0.2, 0) is 16.0 Å². The molecule has 0 radical (unpaired) electrons. The molecular formula is C19H32IN3O4. The summed E-state index contributed by atoms with van der Waals surface area (Å²) in [6.45, 7) is 1.58. The lowest BCUT2D eigenvalue weighted by Crippen LogP contribution is -2.38.